The van der Waals surface area contributed by atoms with E-state index < -0.39 is 5.97 Å². The van der Waals surface area contributed by atoms with Crippen molar-refractivity contribution in [2.75, 3.05) is 13.7 Å². The van der Waals surface area contributed by atoms with Crippen molar-refractivity contribution in [1.29, 1.82) is 0 Å². The molecule has 1 aliphatic heterocycles. The number of amides is 1. The summed E-state index contributed by atoms with van der Waals surface area (Å²) in [6.45, 7) is 2.25. The first-order chi connectivity index (χ1) is 13.0. The first-order valence-corrected chi connectivity index (χ1v) is 9.42. The molecule has 1 amide bonds. The molecule has 27 heavy (non-hydrogen) atoms. The van der Waals surface area contributed by atoms with Crippen LogP contribution in [-0.2, 0) is 25.7 Å². The molecule has 8 heteroatoms. The lowest BCUT2D eigenvalue weighted by Crippen LogP contribution is -2.43. The van der Waals surface area contributed by atoms with E-state index >= 15 is 0 Å². The number of methoxy groups -OCH3 is 1. The number of carbonyl (C=O) groups is 3. The summed E-state index contributed by atoms with van der Waals surface area (Å²) in [6, 6.07) is 7.01. The minimum atomic E-state index is -0.406. The monoisotopic (exact) mass is 388 g/mol. The van der Waals surface area contributed by atoms with Crippen molar-refractivity contribution < 1.29 is 23.9 Å². The van der Waals surface area contributed by atoms with Crippen LogP contribution in [0.2, 0.25) is 0 Å². The van der Waals surface area contributed by atoms with E-state index in [0.29, 0.717) is 24.2 Å². The maximum absolute atomic E-state index is 12.3. The van der Waals surface area contributed by atoms with Gasteiger partial charge in [-0.3, -0.25) is 9.59 Å². The van der Waals surface area contributed by atoms with Gasteiger partial charge in [-0.25, -0.2) is 9.78 Å². The van der Waals surface area contributed by atoms with E-state index in [2.05, 4.69) is 10.3 Å². The molecule has 1 saturated heterocycles. The minimum Gasteiger partial charge on any atom is -0.465 e. The molecule has 0 bridgehead atoms. The highest BCUT2D eigenvalue weighted by Gasteiger charge is 2.32. The summed E-state index contributed by atoms with van der Waals surface area (Å²) in [5.74, 6) is -1.15. The second kappa shape index (κ2) is 8.30. The van der Waals surface area contributed by atoms with Gasteiger partial charge in [0, 0.05) is 23.9 Å². The van der Waals surface area contributed by atoms with Gasteiger partial charge in [-0.05, 0) is 18.1 Å². The Bertz CT molecular complexity index is 863. The maximum Gasteiger partial charge on any atom is 0.337 e. The molecule has 142 valence electrons. The summed E-state index contributed by atoms with van der Waals surface area (Å²) in [6.07, 6.45) is 0.331. The van der Waals surface area contributed by atoms with Gasteiger partial charge in [-0.1, -0.05) is 19.1 Å². The standard InChI is InChI=1S/C19H20N2O5S/c1-11-6-16(22)20-8-15(11)19(24)26-9-14-10-27-17(21-14)12-4-3-5-13(7-12)18(23)25-2/h3-5,7,10-11,15H,6,8-9H2,1-2H3,(H,20,22). The van der Waals surface area contributed by atoms with E-state index in [0.717, 1.165) is 10.6 Å². The normalized spacial score (nSPS) is 19.3. The molecule has 1 aromatic carbocycles. The largest absolute Gasteiger partial charge is 0.465 e. The van der Waals surface area contributed by atoms with Crippen LogP contribution in [-0.4, -0.2) is 36.5 Å². The van der Waals surface area contributed by atoms with Crippen LogP contribution in [0.5, 0.6) is 0 Å². The van der Waals surface area contributed by atoms with Crippen LogP contribution >= 0.6 is 11.3 Å². The molecule has 0 saturated carbocycles. The van der Waals surface area contributed by atoms with Crippen molar-refractivity contribution in [2.45, 2.75) is 20.0 Å². The number of hydrogen-bond acceptors (Lipinski definition) is 7. The number of piperidine rings is 1. The average molecular weight is 388 g/mol. The number of hydrogen-bond donors (Lipinski definition) is 1. The second-order valence-electron chi connectivity index (χ2n) is 6.42. The summed E-state index contributed by atoms with van der Waals surface area (Å²) in [7, 11) is 1.34. The molecule has 0 aliphatic carbocycles. The van der Waals surface area contributed by atoms with E-state index in [1.807, 2.05) is 18.4 Å². The van der Waals surface area contributed by atoms with E-state index in [1.54, 1.807) is 18.2 Å². The number of carbonyl (C=O) groups excluding carboxylic acids is 3. The fourth-order valence-electron chi connectivity index (χ4n) is 2.90. The van der Waals surface area contributed by atoms with Crippen molar-refractivity contribution in [2.24, 2.45) is 11.8 Å². The number of nitrogens with one attached hydrogen (secondary N) is 1. The van der Waals surface area contributed by atoms with Gasteiger partial charge >= 0.3 is 11.9 Å². The third-order valence-corrected chi connectivity index (χ3v) is 5.40. The van der Waals surface area contributed by atoms with E-state index in [4.69, 9.17) is 9.47 Å². The van der Waals surface area contributed by atoms with Crippen molar-refractivity contribution in [3.05, 3.63) is 40.9 Å². The summed E-state index contributed by atoms with van der Waals surface area (Å²) in [5, 5.41) is 5.24. The van der Waals surface area contributed by atoms with Crippen LogP contribution in [0.4, 0.5) is 0 Å². The number of benzene rings is 1. The van der Waals surface area contributed by atoms with Gasteiger partial charge in [0.15, 0.2) is 0 Å². The molecule has 1 aliphatic rings. The summed E-state index contributed by atoms with van der Waals surface area (Å²) < 4.78 is 10.1. The summed E-state index contributed by atoms with van der Waals surface area (Å²) >= 11 is 1.41. The molecular formula is C19H20N2O5S. The molecule has 1 fully saturated rings. The van der Waals surface area contributed by atoms with E-state index in [1.165, 1.54) is 18.4 Å². The number of ether oxygens (including phenoxy) is 2. The van der Waals surface area contributed by atoms with E-state index in [9.17, 15) is 14.4 Å². The van der Waals surface area contributed by atoms with Crippen LogP contribution in [0.25, 0.3) is 10.6 Å². The molecule has 2 aromatic rings. The highest BCUT2D eigenvalue weighted by atomic mass is 32.1. The smallest absolute Gasteiger partial charge is 0.337 e. The SMILES string of the molecule is COC(=O)c1cccc(-c2nc(COC(=O)C3CNC(=O)CC3C)cs2)c1. The van der Waals surface area contributed by atoms with Crippen LogP contribution in [0, 0.1) is 11.8 Å². The van der Waals surface area contributed by atoms with Crippen LogP contribution < -0.4 is 5.32 Å². The molecule has 3 rings (SSSR count). The minimum absolute atomic E-state index is 0.0371. The Morgan fingerprint density at radius 2 is 2.19 bits per heavy atom. The van der Waals surface area contributed by atoms with Crippen molar-refractivity contribution >= 4 is 29.2 Å². The Morgan fingerprint density at radius 3 is 2.93 bits per heavy atom. The predicted octanol–water partition coefficient (Wildman–Crippen LogP) is 2.41. The fraction of sp³-hybridized carbons (Fsp3) is 0.368. The molecule has 2 unspecified atom stereocenters. The third-order valence-electron chi connectivity index (χ3n) is 4.46. The first kappa shape index (κ1) is 19.0. The van der Waals surface area contributed by atoms with Gasteiger partial charge in [-0.2, -0.15) is 0 Å². The number of nitrogens with zero attached hydrogens (tertiary/aromatic N) is 1. The number of thiazole rings is 1. The zero-order valence-corrected chi connectivity index (χ0v) is 15.9. The molecule has 0 radical (unpaired) electrons. The molecule has 2 atom stereocenters. The van der Waals surface area contributed by atoms with Crippen molar-refractivity contribution in [3.63, 3.8) is 0 Å². The highest BCUT2D eigenvalue weighted by molar-refractivity contribution is 7.13. The average Bonchev–Trinajstić information content (AvgIpc) is 3.14. The zero-order valence-electron chi connectivity index (χ0n) is 15.1. The first-order valence-electron chi connectivity index (χ1n) is 8.54. The molecule has 0 spiro atoms. The summed E-state index contributed by atoms with van der Waals surface area (Å²) in [4.78, 5) is 39.7. The molecule has 2 heterocycles. The second-order valence-corrected chi connectivity index (χ2v) is 7.27. The summed E-state index contributed by atoms with van der Waals surface area (Å²) in [5.41, 5.74) is 1.88. The maximum atomic E-state index is 12.3. The van der Waals surface area contributed by atoms with Crippen molar-refractivity contribution in [1.82, 2.24) is 10.3 Å². The quantitative estimate of drug-likeness (QED) is 0.791. The van der Waals surface area contributed by atoms with Crippen LogP contribution in [0.3, 0.4) is 0 Å². The van der Waals surface area contributed by atoms with Crippen LogP contribution in [0.1, 0.15) is 29.4 Å². The lowest BCUT2D eigenvalue weighted by molar-refractivity contribution is -0.153. The van der Waals surface area contributed by atoms with E-state index in [-0.39, 0.29) is 30.3 Å². The van der Waals surface area contributed by atoms with Gasteiger partial charge in [-0.15, -0.1) is 11.3 Å². The Morgan fingerprint density at radius 1 is 1.37 bits per heavy atom. The van der Waals surface area contributed by atoms with Crippen molar-refractivity contribution in [3.8, 4) is 10.6 Å². The molecule has 7 nitrogen and oxygen atoms in total. The van der Waals surface area contributed by atoms with Gasteiger partial charge in [0.2, 0.25) is 5.91 Å². The van der Waals surface area contributed by atoms with Gasteiger partial charge in [0.1, 0.15) is 11.6 Å². The topological polar surface area (TPSA) is 94.6 Å². The van der Waals surface area contributed by atoms with Gasteiger partial charge in [0.25, 0.3) is 0 Å². The zero-order chi connectivity index (χ0) is 19.4. The predicted molar refractivity (Wildman–Crippen MR) is 99.0 cm³/mol. The number of rotatable bonds is 5. The Balaban J connectivity index is 1.62. The van der Waals surface area contributed by atoms with Gasteiger partial charge in [0.05, 0.1) is 24.3 Å². The molecule has 1 N–H and O–H groups in total. The Labute approximate surface area is 160 Å². The van der Waals surface area contributed by atoms with Gasteiger partial charge < -0.3 is 14.8 Å². The fourth-order valence-corrected chi connectivity index (χ4v) is 3.70. The Kier molecular flexibility index (Phi) is 5.85. The van der Waals surface area contributed by atoms with Crippen LogP contribution in [0.15, 0.2) is 29.6 Å². The highest BCUT2D eigenvalue weighted by Crippen LogP contribution is 2.26. The lowest BCUT2D eigenvalue weighted by Gasteiger charge is -2.26. The Hall–Kier alpha value is -2.74. The third kappa shape index (κ3) is 4.51. The molecular weight excluding hydrogens is 368 g/mol. The molecule has 1 aromatic heterocycles. The number of esters is 2. The lowest BCUT2D eigenvalue weighted by atomic mass is 9.88. The number of aromatic nitrogens is 1.